The second-order valence-electron chi connectivity index (χ2n) is 7.06. The van der Waals surface area contributed by atoms with E-state index in [1.807, 2.05) is 19.1 Å². The molecule has 3 unspecified atom stereocenters. The Hall–Kier alpha value is -1.76. The molecule has 150 valence electrons. The number of nitrogens with one attached hydrogen (secondary N) is 2. The van der Waals surface area contributed by atoms with E-state index in [0.717, 1.165) is 60.9 Å². The van der Waals surface area contributed by atoms with Gasteiger partial charge in [0, 0.05) is 47.9 Å². The molecule has 6 nitrogen and oxygen atoms in total. The Labute approximate surface area is 164 Å². The summed E-state index contributed by atoms with van der Waals surface area (Å²) in [7, 11) is 1.07. The van der Waals surface area contributed by atoms with Crippen molar-refractivity contribution in [1.82, 2.24) is 10.6 Å². The van der Waals surface area contributed by atoms with E-state index in [0.29, 0.717) is 31.1 Å². The minimum absolute atomic E-state index is 0.307. The molecule has 1 aliphatic heterocycles. The predicted molar refractivity (Wildman–Crippen MR) is 110 cm³/mol. The third-order valence-corrected chi connectivity index (χ3v) is 6.86. The van der Waals surface area contributed by atoms with Gasteiger partial charge in [-0.05, 0) is 37.0 Å². The molecule has 1 aromatic carbocycles. The van der Waals surface area contributed by atoms with E-state index in [2.05, 4.69) is 21.7 Å². The maximum Gasteiger partial charge on any atom is 0.191 e. The fourth-order valence-electron chi connectivity index (χ4n) is 3.64. The second kappa shape index (κ2) is 9.97. The molecule has 1 heterocycles. The van der Waals surface area contributed by atoms with Crippen LogP contribution in [0.5, 0.6) is 11.5 Å². The third kappa shape index (κ3) is 5.61. The average molecular weight is 394 g/mol. The Balaban J connectivity index is 1.53. The maximum absolute atomic E-state index is 12.1. The number of rotatable bonds is 5. The summed E-state index contributed by atoms with van der Waals surface area (Å²) in [5, 5.41) is 7.19. The zero-order chi connectivity index (χ0) is 19.1. The molecule has 0 bridgehead atoms. The number of nitrogens with zero attached hydrogens (tertiary/aromatic N) is 1. The van der Waals surface area contributed by atoms with E-state index in [4.69, 9.17) is 9.47 Å². The van der Waals surface area contributed by atoms with Crippen LogP contribution in [-0.2, 0) is 17.3 Å². The normalized spacial score (nSPS) is 24.0. The fourth-order valence-corrected chi connectivity index (χ4v) is 4.99. The van der Waals surface area contributed by atoms with Crippen LogP contribution in [0, 0.1) is 0 Å². The highest BCUT2D eigenvalue weighted by molar-refractivity contribution is 7.85. The van der Waals surface area contributed by atoms with Gasteiger partial charge in [-0.25, -0.2) is 0 Å². The zero-order valence-electron chi connectivity index (χ0n) is 16.3. The van der Waals surface area contributed by atoms with Crippen LogP contribution in [0.25, 0.3) is 0 Å². The molecule has 1 aromatic rings. The highest BCUT2D eigenvalue weighted by atomic mass is 32.2. The van der Waals surface area contributed by atoms with Gasteiger partial charge in [0.25, 0.3) is 0 Å². The van der Waals surface area contributed by atoms with E-state index in [-0.39, 0.29) is 0 Å². The molecule has 0 radical (unpaired) electrons. The summed E-state index contributed by atoms with van der Waals surface area (Å²) in [6, 6.07) is 6.38. The first-order valence-corrected chi connectivity index (χ1v) is 11.3. The first kappa shape index (κ1) is 20.0. The minimum Gasteiger partial charge on any atom is -0.490 e. The standard InChI is InChI=1S/C20H31N3O3S/c1-3-27(24)17-7-4-6-16(13-17)23-20(21-2)22-14-15-8-9-18-19(12-15)26-11-5-10-25-18/h8-9,12,16-17H,3-7,10-11,13-14H2,1-2H3,(H2,21,22,23). The third-order valence-electron chi connectivity index (χ3n) is 5.12. The quantitative estimate of drug-likeness (QED) is 0.594. The summed E-state index contributed by atoms with van der Waals surface area (Å²) >= 11 is 0. The Morgan fingerprint density at radius 2 is 2.04 bits per heavy atom. The highest BCUT2D eigenvalue weighted by Gasteiger charge is 2.26. The number of hydrogen-bond donors (Lipinski definition) is 2. The summed E-state index contributed by atoms with van der Waals surface area (Å²) in [5.74, 6) is 3.16. The maximum atomic E-state index is 12.1. The van der Waals surface area contributed by atoms with Crippen molar-refractivity contribution in [2.45, 2.75) is 56.9 Å². The molecule has 1 fully saturated rings. The number of hydrogen-bond acceptors (Lipinski definition) is 4. The van der Waals surface area contributed by atoms with Gasteiger partial charge in [-0.1, -0.05) is 19.4 Å². The molecular formula is C20H31N3O3S. The number of ether oxygens (including phenoxy) is 2. The van der Waals surface area contributed by atoms with Gasteiger partial charge in [-0.2, -0.15) is 0 Å². The Morgan fingerprint density at radius 1 is 1.22 bits per heavy atom. The van der Waals surface area contributed by atoms with Crippen molar-refractivity contribution in [3.63, 3.8) is 0 Å². The van der Waals surface area contributed by atoms with Gasteiger partial charge in [-0.3, -0.25) is 9.20 Å². The summed E-state index contributed by atoms with van der Waals surface area (Å²) < 4.78 is 23.6. The van der Waals surface area contributed by atoms with Crippen LogP contribution in [0.3, 0.4) is 0 Å². The first-order valence-electron chi connectivity index (χ1n) is 9.92. The van der Waals surface area contributed by atoms with Crippen molar-refractivity contribution in [3.8, 4) is 11.5 Å². The van der Waals surface area contributed by atoms with Gasteiger partial charge in [0.05, 0.1) is 13.2 Å². The van der Waals surface area contributed by atoms with Crippen molar-refractivity contribution in [2.75, 3.05) is 26.0 Å². The lowest BCUT2D eigenvalue weighted by Gasteiger charge is -2.30. The molecule has 3 rings (SSSR count). The van der Waals surface area contributed by atoms with Crippen LogP contribution in [0.15, 0.2) is 23.2 Å². The summed E-state index contributed by atoms with van der Waals surface area (Å²) in [5.41, 5.74) is 1.12. The zero-order valence-corrected chi connectivity index (χ0v) is 17.1. The number of guanidine groups is 1. The van der Waals surface area contributed by atoms with Gasteiger partial charge in [-0.15, -0.1) is 0 Å². The van der Waals surface area contributed by atoms with Crippen LogP contribution >= 0.6 is 0 Å². The largest absolute Gasteiger partial charge is 0.490 e. The van der Waals surface area contributed by atoms with Crippen LogP contribution < -0.4 is 20.1 Å². The lowest BCUT2D eigenvalue weighted by atomic mass is 9.95. The van der Waals surface area contributed by atoms with Crippen LogP contribution in [0.2, 0.25) is 0 Å². The molecule has 1 saturated carbocycles. The topological polar surface area (TPSA) is 72.0 Å². The molecule has 3 atom stereocenters. The Bertz CT molecular complexity index is 680. The van der Waals surface area contributed by atoms with Crippen molar-refractivity contribution in [2.24, 2.45) is 4.99 Å². The number of aliphatic imine (C=N–C) groups is 1. The van der Waals surface area contributed by atoms with E-state index in [1.165, 1.54) is 0 Å². The molecule has 0 aromatic heterocycles. The van der Waals surface area contributed by atoms with E-state index in [9.17, 15) is 4.21 Å². The Kier molecular flexibility index (Phi) is 7.38. The first-order chi connectivity index (χ1) is 13.2. The van der Waals surface area contributed by atoms with Crippen molar-refractivity contribution in [1.29, 1.82) is 0 Å². The van der Waals surface area contributed by atoms with Crippen molar-refractivity contribution < 1.29 is 13.7 Å². The van der Waals surface area contributed by atoms with Crippen LogP contribution in [-0.4, -0.2) is 47.5 Å². The van der Waals surface area contributed by atoms with E-state index in [1.54, 1.807) is 7.05 Å². The molecule has 0 spiro atoms. The lowest BCUT2D eigenvalue weighted by Crippen LogP contribution is -2.46. The SMILES string of the molecule is CCS(=O)C1CCCC(NC(=NC)NCc2ccc3c(c2)OCCCO3)C1. The molecular weight excluding hydrogens is 362 g/mol. The summed E-state index contributed by atoms with van der Waals surface area (Å²) in [6.45, 7) is 4.05. The van der Waals surface area contributed by atoms with Crippen molar-refractivity contribution >= 4 is 16.8 Å². The monoisotopic (exact) mass is 393 g/mol. The highest BCUT2D eigenvalue weighted by Crippen LogP contribution is 2.30. The second-order valence-corrected chi connectivity index (χ2v) is 9.06. The van der Waals surface area contributed by atoms with Gasteiger partial charge in [0.15, 0.2) is 17.5 Å². The van der Waals surface area contributed by atoms with Crippen LogP contribution in [0.1, 0.15) is 44.6 Å². The molecule has 27 heavy (non-hydrogen) atoms. The predicted octanol–water partition coefficient (Wildman–Crippen LogP) is 2.59. The number of fused-ring (bicyclic) bond motifs is 1. The summed E-state index contributed by atoms with van der Waals surface area (Å²) in [4.78, 5) is 4.35. The van der Waals surface area contributed by atoms with E-state index < -0.39 is 10.8 Å². The fraction of sp³-hybridized carbons (Fsp3) is 0.650. The van der Waals surface area contributed by atoms with Gasteiger partial charge in [0.2, 0.25) is 0 Å². The molecule has 7 heteroatoms. The lowest BCUT2D eigenvalue weighted by molar-refractivity contribution is 0.297. The molecule has 1 aliphatic carbocycles. The minimum atomic E-state index is -0.713. The number of benzene rings is 1. The molecule has 2 N–H and O–H groups in total. The smallest absolute Gasteiger partial charge is 0.191 e. The molecule has 0 amide bonds. The Morgan fingerprint density at radius 3 is 2.81 bits per heavy atom. The molecule has 2 aliphatic rings. The average Bonchev–Trinajstić information content (AvgIpc) is 2.95. The van der Waals surface area contributed by atoms with Crippen LogP contribution in [0.4, 0.5) is 0 Å². The van der Waals surface area contributed by atoms with Gasteiger partial charge < -0.3 is 20.1 Å². The van der Waals surface area contributed by atoms with Gasteiger partial charge >= 0.3 is 0 Å². The van der Waals surface area contributed by atoms with Crippen molar-refractivity contribution in [3.05, 3.63) is 23.8 Å². The molecule has 0 saturated heterocycles. The van der Waals surface area contributed by atoms with Gasteiger partial charge in [0.1, 0.15) is 0 Å². The van der Waals surface area contributed by atoms with E-state index >= 15 is 0 Å². The summed E-state index contributed by atoms with van der Waals surface area (Å²) in [6.07, 6.45) is 5.15.